The van der Waals surface area contributed by atoms with E-state index in [1.165, 1.54) is 14.0 Å². The molecule has 1 aromatic heterocycles. The van der Waals surface area contributed by atoms with Crippen molar-refractivity contribution in [2.24, 2.45) is 11.7 Å². The highest BCUT2D eigenvalue weighted by molar-refractivity contribution is 5.78. The Morgan fingerprint density at radius 2 is 2.19 bits per heavy atom. The van der Waals surface area contributed by atoms with Gasteiger partial charge >= 0.3 is 5.97 Å². The highest BCUT2D eigenvalue weighted by atomic mass is 19.1. The number of carbonyl (C=O) groups excluding carboxylic acids is 1. The number of methoxy groups -OCH3 is 1. The van der Waals surface area contributed by atoms with E-state index in [2.05, 4.69) is 14.7 Å². The zero-order valence-corrected chi connectivity index (χ0v) is 17.6. The van der Waals surface area contributed by atoms with E-state index in [9.17, 15) is 18.7 Å². The topological polar surface area (TPSA) is 103 Å². The normalized spacial score (nSPS) is 30.9. The van der Waals surface area contributed by atoms with Crippen molar-refractivity contribution < 1.29 is 28.2 Å². The lowest BCUT2D eigenvalue weighted by molar-refractivity contribution is -0.162. The number of esters is 1. The molecule has 1 fully saturated rings. The van der Waals surface area contributed by atoms with Crippen molar-refractivity contribution in [2.75, 3.05) is 13.7 Å². The second-order valence-electron chi connectivity index (χ2n) is 8.80. The molecule has 5 atom stereocenters. The third-order valence-electron chi connectivity index (χ3n) is 6.30. The SMILES string of the molecule is COC(=O)C(C)(O)Cn1cc2c(n1)CN([C@H]1CO[C@H](C3CC(F)=CC=C3F)[C@@H](N)C1)C2. The molecule has 3 aliphatic rings. The fourth-order valence-corrected chi connectivity index (χ4v) is 4.65. The standard InChI is InChI=1S/C21H28F2N4O4/c1-21(29,20(28)30-2)11-27-8-12-7-26(9-18(12)25-27)14-6-17(24)19(31-10-14)15-5-13(22)3-4-16(15)23/h3-4,8,14-15,17,19,29H,5-7,9-11,24H2,1-2H3/t14-,15?,17+,19-,21?/m1/s1. The number of hydrogen-bond acceptors (Lipinski definition) is 7. The van der Waals surface area contributed by atoms with Gasteiger partial charge in [-0.05, 0) is 25.5 Å². The summed E-state index contributed by atoms with van der Waals surface area (Å²) >= 11 is 0. The molecule has 2 unspecified atom stereocenters. The number of fused-ring (bicyclic) bond motifs is 1. The van der Waals surface area contributed by atoms with Gasteiger partial charge in [0.05, 0.1) is 32.1 Å². The van der Waals surface area contributed by atoms with Gasteiger partial charge in [0.15, 0.2) is 5.60 Å². The molecular formula is C21H28F2N4O4. The van der Waals surface area contributed by atoms with Crippen LogP contribution in [0.3, 0.4) is 0 Å². The molecule has 4 rings (SSSR count). The van der Waals surface area contributed by atoms with Crippen LogP contribution in [-0.2, 0) is 33.9 Å². The first kappa shape index (κ1) is 22.1. The Morgan fingerprint density at radius 3 is 2.87 bits per heavy atom. The molecule has 1 aromatic rings. The second-order valence-corrected chi connectivity index (χ2v) is 8.80. The number of carbonyl (C=O) groups is 1. The summed E-state index contributed by atoms with van der Waals surface area (Å²) in [5.41, 5.74) is 6.52. The van der Waals surface area contributed by atoms with Gasteiger partial charge in [-0.1, -0.05) is 0 Å². The van der Waals surface area contributed by atoms with Crippen molar-refractivity contribution in [1.29, 1.82) is 0 Å². The van der Waals surface area contributed by atoms with Gasteiger partial charge in [0.1, 0.15) is 11.7 Å². The average Bonchev–Trinajstić information content (AvgIpc) is 3.27. The van der Waals surface area contributed by atoms with E-state index in [1.807, 2.05) is 6.20 Å². The van der Waals surface area contributed by atoms with Gasteiger partial charge in [-0.2, -0.15) is 5.10 Å². The fraction of sp³-hybridized carbons (Fsp3) is 0.619. The third-order valence-corrected chi connectivity index (χ3v) is 6.30. The molecular weight excluding hydrogens is 410 g/mol. The lowest BCUT2D eigenvalue weighted by atomic mass is 9.85. The van der Waals surface area contributed by atoms with E-state index in [0.717, 1.165) is 23.4 Å². The third kappa shape index (κ3) is 4.43. The number of nitrogens with zero attached hydrogens (tertiary/aromatic N) is 3. The zero-order chi connectivity index (χ0) is 22.3. The van der Waals surface area contributed by atoms with Crippen LogP contribution in [0.1, 0.15) is 31.0 Å². The maximum atomic E-state index is 14.2. The highest BCUT2D eigenvalue weighted by Crippen LogP contribution is 2.36. The molecule has 2 aliphatic heterocycles. The summed E-state index contributed by atoms with van der Waals surface area (Å²) in [5.74, 6) is -2.15. The van der Waals surface area contributed by atoms with Gasteiger partial charge in [0, 0.05) is 49.3 Å². The number of nitrogens with two attached hydrogens (primary N) is 1. The van der Waals surface area contributed by atoms with Crippen molar-refractivity contribution in [1.82, 2.24) is 14.7 Å². The van der Waals surface area contributed by atoms with Crippen LogP contribution in [0.15, 0.2) is 30.0 Å². The average molecular weight is 438 g/mol. The van der Waals surface area contributed by atoms with Crippen LogP contribution in [0.5, 0.6) is 0 Å². The summed E-state index contributed by atoms with van der Waals surface area (Å²) in [6.45, 7) is 2.99. The number of hydrogen-bond donors (Lipinski definition) is 2. The molecule has 3 heterocycles. The summed E-state index contributed by atoms with van der Waals surface area (Å²) < 4.78 is 39.9. The minimum absolute atomic E-state index is 0.00273. The fourth-order valence-electron chi connectivity index (χ4n) is 4.65. The molecule has 8 nitrogen and oxygen atoms in total. The van der Waals surface area contributed by atoms with E-state index >= 15 is 0 Å². The maximum absolute atomic E-state index is 14.2. The quantitative estimate of drug-likeness (QED) is 0.669. The Bertz CT molecular complexity index is 890. The van der Waals surface area contributed by atoms with E-state index < -0.39 is 35.5 Å². The second kappa shape index (κ2) is 8.42. The highest BCUT2D eigenvalue weighted by Gasteiger charge is 2.41. The molecule has 31 heavy (non-hydrogen) atoms. The van der Waals surface area contributed by atoms with Crippen LogP contribution >= 0.6 is 0 Å². The molecule has 1 saturated heterocycles. The molecule has 0 spiro atoms. The van der Waals surface area contributed by atoms with Crippen LogP contribution in [0.2, 0.25) is 0 Å². The van der Waals surface area contributed by atoms with Crippen LogP contribution in [-0.4, -0.2) is 63.3 Å². The molecule has 1 aliphatic carbocycles. The van der Waals surface area contributed by atoms with Crippen molar-refractivity contribution in [2.45, 2.75) is 63.2 Å². The molecule has 10 heteroatoms. The minimum atomic E-state index is -1.66. The Kier molecular flexibility index (Phi) is 5.99. The number of aromatic nitrogens is 2. The van der Waals surface area contributed by atoms with Crippen molar-refractivity contribution in [3.63, 3.8) is 0 Å². The predicted octanol–water partition coefficient (Wildman–Crippen LogP) is 1.33. The molecule has 0 radical (unpaired) electrons. The molecule has 0 aromatic carbocycles. The maximum Gasteiger partial charge on any atom is 0.339 e. The van der Waals surface area contributed by atoms with Gasteiger partial charge in [0.2, 0.25) is 0 Å². The lowest BCUT2D eigenvalue weighted by Gasteiger charge is -2.41. The van der Waals surface area contributed by atoms with Crippen LogP contribution in [0, 0.1) is 5.92 Å². The Labute approximate surface area is 179 Å². The Hall–Kier alpha value is -2.14. The summed E-state index contributed by atoms with van der Waals surface area (Å²) in [6, 6.07) is -0.361. The number of halogens is 2. The zero-order valence-electron chi connectivity index (χ0n) is 17.6. The minimum Gasteiger partial charge on any atom is -0.467 e. The first-order valence-electron chi connectivity index (χ1n) is 10.4. The van der Waals surface area contributed by atoms with E-state index in [-0.39, 0.29) is 24.8 Å². The number of allylic oxidation sites excluding steroid dienone is 3. The van der Waals surface area contributed by atoms with Gasteiger partial charge < -0.3 is 20.3 Å². The van der Waals surface area contributed by atoms with Crippen LogP contribution in [0.25, 0.3) is 0 Å². The predicted molar refractivity (Wildman–Crippen MR) is 107 cm³/mol. The molecule has 0 amide bonds. The van der Waals surface area contributed by atoms with Crippen LogP contribution in [0.4, 0.5) is 8.78 Å². The van der Waals surface area contributed by atoms with Gasteiger partial charge in [-0.25, -0.2) is 13.6 Å². The van der Waals surface area contributed by atoms with Crippen molar-refractivity contribution in [3.05, 3.63) is 41.3 Å². The summed E-state index contributed by atoms with van der Waals surface area (Å²) in [6.07, 6.45) is 4.15. The Balaban J connectivity index is 1.35. The lowest BCUT2D eigenvalue weighted by Crippen LogP contribution is -2.53. The smallest absolute Gasteiger partial charge is 0.339 e. The first-order chi connectivity index (χ1) is 14.7. The molecule has 0 saturated carbocycles. The summed E-state index contributed by atoms with van der Waals surface area (Å²) in [4.78, 5) is 13.9. The number of aliphatic hydroxyl groups is 1. The monoisotopic (exact) mass is 438 g/mol. The molecule has 3 N–H and O–H groups in total. The largest absolute Gasteiger partial charge is 0.467 e. The summed E-state index contributed by atoms with van der Waals surface area (Å²) in [5, 5.41) is 14.7. The molecule has 170 valence electrons. The Morgan fingerprint density at radius 1 is 1.42 bits per heavy atom. The van der Waals surface area contributed by atoms with E-state index in [1.54, 1.807) is 4.68 Å². The van der Waals surface area contributed by atoms with Crippen LogP contribution < -0.4 is 5.73 Å². The number of rotatable bonds is 5. The summed E-state index contributed by atoms with van der Waals surface area (Å²) in [7, 11) is 1.23. The van der Waals surface area contributed by atoms with Gasteiger partial charge in [-0.3, -0.25) is 9.58 Å². The van der Waals surface area contributed by atoms with Crippen molar-refractivity contribution >= 4 is 5.97 Å². The first-order valence-corrected chi connectivity index (χ1v) is 10.4. The number of ether oxygens (including phenoxy) is 2. The van der Waals surface area contributed by atoms with Gasteiger partial charge in [-0.15, -0.1) is 0 Å². The molecule has 0 bridgehead atoms. The van der Waals surface area contributed by atoms with E-state index in [0.29, 0.717) is 26.1 Å². The van der Waals surface area contributed by atoms with Crippen molar-refractivity contribution in [3.8, 4) is 0 Å². The van der Waals surface area contributed by atoms with E-state index in [4.69, 9.17) is 10.5 Å². The van der Waals surface area contributed by atoms with Gasteiger partial charge in [0.25, 0.3) is 0 Å².